The minimum absolute atomic E-state index is 0.0969. The number of nitrogens with two attached hydrogens (primary N) is 1. The van der Waals surface area contributed by atoms with Gasteiger partial charge in [-0.2, -0.15) is 0 Å². The number of nitrogens with zero attached hydrogens (tertiary/aromatic N) is 2. The molecule has 1 amide bonds. The third-order valence-corrected chi connectivity index (χ3v) is 2.67. The van der Waals surface area contributed by atoms with Crippen LogP contribution in [0.5, 0.6) is 0 Å². The van der Waals surface area contributed by atoms with Crippen LogP contribution in [0.15, 0.2) is 24.2 Å². The molecule has 0 aromatic carbocycles. The van der Waals surface area contributed by atoms with Gasteiger partial charge in [0.2, 0.25) is 5.91 Å². The van der Waals surface area contributed by atoms with Crippen molar-refractivity contribution < 1.29 is 4.79 Å². The van der Waals surface area contributed by atoms with Crippen molar-refractivity contribution in [1.29, 1.82) is 0 Å². The van der Waals surface area contributed by atoms with Gasteiger partial charge in [0.05, 0.1) is 18.6 Å². The Balaban J connectivity index is 2.01. The van der Waals surface area contributed by atoms with Crippen LogP contribution in [0.1, 0.15) is 18.5 Å². The highest BCUT2D eigenvalue weighted by molar-refractivity contribution is 5.94. The number of H-pyrrole nitrogens is 1. The Kier molecular flexibility index (Phi) is 3.36. The van der Waals surface area contributed by atoms with Gasteiger partial charge in [0.1, 0.15) is 0 Å². The fourth-order valence-corrected chi connectivity index (χ4v) is 1.67. The van der Waals surface area contributed by atoms with Crippen molar-refractivity contribution in [2.45, 2.75) is 19.4 Å². The van der Waals surface area contributed by atoms with Gasteiger partial charge in [0.15, 0.2) is 0 Å². The zero-order chi connectivity index (χ0) is 11.4. The average molecular weight is 220 g/mol. The number of aromatic amines is 1. The molecule has 1 aliphatic rings. The van der Waals surface area contributed by atoms with Gasteiger partial charge in [-0.1, -0.05) is 6.08 Å². The summed E-state index contributed by atoms with van der Waals surface area (Å²) in [6, 6.07) is 0. The SMILES string of the molecule is NCCN(Cc1c[nH]cn1)C(=O)C1=CCC1. The van der Waals surface area contributed by atoms with Crippen LogP contribution in [0.2, 0.25) is 0 Å². The highest BCUT2D eigenvalue weighted by Crippen LogP contribution is 2.20. The molecule has 86 valence electrons. The first-order valence-electron chi connectivity index (χ1n) is 5.47. The molecule has 0 unspecified atom stereocenters. The van der Waals surface area contributed by atoms with Crippen LogP contribution in [0.25, 0.3) is 0 Å². The van der Waals surface area contributed by atoms with E-state index in [2.05, 4.69) is 9.97 Å². The van der Waals surface area contributed by atoms with Crippen LogP contribution in [0.4, 0.5) is 0 Å². The number of hydrogen-bond acceptors (Lipinski definition) is 3. The first kappa shape index (κ1) is 10.9. The predicted octanol–water partition coefficient (Wildman–Crippen LogP) is 0.417. The van der Waals surface area contributed by atoms with Gasteiger partial charge in [0, 0.05) is 24.9 Å². The Labute approximate surface area is 94.3 Å². The van der Waals surface area contributed by atoms with E-state index in [1.54, 1.807) is 17.4 Å². The monoisotopic (exact) mass is 220 g/mol. The molecule has 1 aromatic rings. The van der Waals surface area contributed by atoms with Crippen LogP contribution >= 0.6 is 0 Å². The Morgan fingerprint density at radius 1 is 1.62 bits per heavy atom. The molecule has 1 aliphatic carbocycles. The molecule has 0 saturated heterocycles. The number of hydrogen-bond donors (Lipinski definition) is 2. The molecule has 0 fully saturated rings. The topological polar surface area (TPSA) is 75.0 Å². The molecule has 16 heavy (non-hydrogen) atoms. The summed E-state index contributed by atoms with van der Waals surface area (Å²) in [5.74, 6) is 0.0969. The molecule has 1 heterocycles. The van der Waals surface area contributed by atoms with E-state index in [4.69, 9.17) is 5.73 Å². The second kappa shape index (κ2) is 4.94. The maximum absolute atomic E-state index is 12.0. The normalized spacial score (nSPS) is 14.2. The molecule has 0 spiro atoms. The molecule has 5 heteroatoms. The number of amides is 1. The quantitative estimate of drug-likeness (QED) is 0.755. The van der Waals surface area contributed by atoms with Crippen LogP contribution in [-0.2, 0) is 11.3 Å². The summed E-state index contributed by atoms with van der Waals surface area (Å²) in [7, 11) is 0. The van der Waals surface area contributed by atoms with Gasteiger partial charge in [-0.3, -0.25) is 4.79 Å². The second-order valence-electron chi connectivity index (χ2n) is 3.84. The van der Waals surface area contributed by atoms with Crippen molar-refractivity contribution >= 4 is 5.91 Å². The van der Waals surface area contributed by atoms with Crippen molar-refractivity contribution in [1.82, 2.24) is 14.9 Å². The minimum atomic E-state index is 0.0969. The van der Waals surface area contributed by atoms with E-state index in [0.717, 1.165) is 24.1 Å². The Morgan fingerprint density at radius 2 is 2.44 bits per heavy atom. The van der Waals surface area contributed by atoms with E-state index in [1.807, 2.05) is 6.08 Å². The minimum Gasteiger partial charge on any atom is -0.351 e. The highest BCUT2D eigenvalue weighted by atomic mass is 16.2. The smallest absolute Gasteiger partial charge is 0.249 e. The van der Waals surface area contributed by atoms with Crippen molar-refractivity contribution in [2.75, 3.05) is 13.1 Å². The molecule has 0 aliphatic heterocycles. The fourth-order valence-electron chi connectivity index (χ4n) is 1.67. The lowest BCUT2D eigenvalue weighted by Gasteiger charge is -2.25. The lowest BCUT2D eigenvalue weighted by Crippen LogP contribution is -2.36. The predicted molar refractivity (Wildman–Crippen MR) is 60.4 cm³/mol. The number of nitrogens with one attached hydrogen (secondary N) is 1. The van der Waals surface area contributed by atoms with Gasteiger partial charge in [0.25, 0.3) is 0 Å². The molecule has 1 aromatic heterocycles. The van der Waals surface area contributed by atoms with Gasteiger partial charge in [-0.05, 0) is 12.8 Å². The van der Waals surface area contributed by atoms with Crippen LogP contribution in [0.3, 0.4) is 0 Å². The van der Waals surface area contributed by atoms with Crippen molar-refractivity contribution in [3.63, 3.8) is 0 Å². The number of rotatable bonds is 5. The Morgan fingerprint density at radius 3 is 2.94 bits per heavy atom. The van der Waals surface area contributed by atoms with Gasteiger partial charge < -0.3 is 15.6 Å². The summed E-state index contributed by atoms with van der Waals surface area (Å²) in [5, 5.41) is 0. The maximum atomic E-state index is 12.0. The van der Waals surface area contributed by atoms with E-state index < -0.39 is 0 Å². The third kappa shape index (κ3) is 2.30. The first-order valence-corrected chi connectivity index (χ1v) is 5.47. The average Bonchev–Trinajstić information content (AvgIpc) is 2.67. The molecular weight excluding hydrogens is 204 g/mol. The summed E-state index contributed by atoms with van der Waals surface area (Å²) in [6.07, 6.45) is 7.30. The molecular formula is C11H16N4O. The molecule has 2 rings (SSSR count). The van der Waals surface area contributed by atoms with Gasteiger partial charge >= 0.3 is 0 Å². The molecule has 0 radical (unpaired) electrons. The highest BCUT2D eigenvalue weighted by Gasteiger charge is 2.21. The van der Waals surface area contributed by atoms with Crippen molar-refractivity contribution in [3.8, 4) is 0 Å². The standard InChI is InChI=1S/C11H16N4O/c12-4-5-15(7-10-6-13-8-14-10)11(16)9-2-1-3-9/h2,6,8H,1,3-5,7,12H2,(H,13,14). The van der Waals surface area contributed by atoms with Crippen LogP contribution in [-0.4, -0.2) is 33.9 Å². The Hall–Kier alpha value is -1.62. The van der Waals surface area contributed by atoms with Crippen LogP contribution in [0, 0.1) is 0 Å². The Bertz CT molecular complexity index is 383. The summed E-state index contributed by atoms with van der Waals surface area (Å²) in [6.45, 7) is 1.57. The zero-order valence-electron chi connectivity index (χ0n) is 9.15. The molecule has 5 nitrogen and oxygen atoms in total. The van der Waals surface area contributed by atoms with E-state index in [9.17, 15) is 4.79 Å². The van der Waals surface area contributed by atoms with E-state index in [-0.39, 0.29) is 5.91 Å². The number of imidazole rings is 1. The van der Waals surface area contributed by atoms with E-state index in [0.29, 0.717) is 19.6 Å². The van der Waals surface area contributed by atoms with Crippen molar-refractivity contribution in [2.24, 2.45) is 5.73 Å². The summed E-state index contributed by atoms with van der Waals surface area (Å²) in [5.41, 5.74) is 7.28. The fraction of sp³-hybridized carbons (Fsp3) is 0.455. The molecule has 0 bridgehead atoms. The van der Waals surface area contributed by atoms with E-state index >= 15 is 0 Å². The van der Waals surface area contributed by atoms with Gasteiger partial charge in [-0.25, -0.2) is 4.98 Å². The maximum Gasteiger partial charge on any atom is 0.249 e. The summed E-state index contributed by atoms with van der Waals surface area (Å²) < 4.78 is 0. The van der Waals surface area contributed by atoms with Crippen LogP contribution < -0.4 is 5.73 Å². The number of carbonyl (C=O) groups is 1. The number of aromatic nitrogens is 2. The largest absolute Gasteiger partial charge is 0.351 e. The molecule has 0 saturated carbocycles. The van der Waals surface area contributed by atoms with E-state index in [1.165, 1.54) is 0 Å². The summed E-state index contributed by atoms with van der Waals surface area (Å²) >= 11 is 0. The lowest BCUT2D eigenvalue weighted by molar-refractivity contribution is -0.128. The number of allylic oxidation sites excluding steroid dienone is 1. The third-order valence-electron chi connectivity index (χ3n) is 2.67. The number of carbonyl (C=O) groups excluding carboxylic acids is 1. The molecule has 3 N–H and O–H groups in total. The molecule has 0 atom stereocenters. The first-order chi connectivity index (χ1) is 7.81. The van der Waals surface area contributed by atoms with Gasteiger partial charge in [-0.15, -0.1) is 0 Å². The second-order valence-corrected chi connectivity index (χ2v) is 3.84. The lowest BCUT2D eigenvalue weighted by atomic mass is 9.98. The zero-order valence-corrected chi connectivity index (χ0v) is 9.15. The van der Waals surface area contributed by atoms with Crippen molar-refractivity contribution in [3.05, 3.63) is 29.9 Å². The summed E-state index contributed by atoms with van der Waals surface area (Å²) in [4.78, 5) is 20.7.